The van der Waals surface area contributed by atoms with E-state index in [2.05, 4.69) is 35.3 Å². The molecule has 2 N–H and O–H groups in total. The van der Waals surface area contributed by atoms with E-state index in [1.807, 2.05) is 6.07 Å². The van der Waals surface area contributed by atoms with Crippen molar-refractivity contribution in [3.63, 3.8) is 0 Å². The molecule has 0 bridgehead atoms. The van der Waals surface area contributed by atoms with Crippen molar-refractivity contribution in [2.24, 2.45) is 5.73 Å². The lowest BCUT2D eigenvalue weighted by Crippen LogP contribution is -2.13. The van der Waals surface area contributed by atoms with Crippen molar-refractivity contribution in [1.29, 1.82) is 0 Å². The molecule has 1 atom stereocenters. The lowest BCUT2D eigenvalue weighted by Gasteiger charge is -2.09. The molecule has 0 saturated heterocycles. The SMILES string of the molecule is CCCc1nc(C(N)c2cccc(C3CC3)c2)no1. The summed E-state index contributed by atoms with van der Waals surface area (Å²) in [5.41, 5.74) is 8.67. The van der Waals surface area contributed by atoms with E-state index in [0.29, 0.717) is 11.7 Å². The van der Waals surface area contributed by atoms with Gasteiger partial charge >= 0.3 is 0 Å². The van der Waals surface area contributed by atoms with E-state index in [-0.39, 0.29) is 6.04 Å². The highest BCUT2D eigenvalue weighted by Crippen LogP contribution is 2.40. The number of benzene rings is 1. The lowest BCUT2D eigenvalue weighted by molar-refractivity contribution is 0.370. The smallest absolute Gasteiger partial charge is 0.226 e. The zero-order chi connectivity index (χ0) is 13.2. The summed E-state index contributed by atoms with van der Waals surface area (Å²) in [6, 6.07) is 8.15. The first-order valence-electron chi connectivity index (χ1n) is 6.96. The molecule has 0 amide bonds. The first-order chi connectivity index (χ1) is 9.28. The number of hydrogen-bond acceptors (Lipinski definition) is 4. The van der Waals surface area contributed by atoms with E-state index in [0.717, 1.165) is 24.3 Å². The van der Waals surface area contributed by atoms with Crippen LogP contribution in [0.4, 0.5) is 0 Å². The van der Waals surface area contributed by atoms with Crippen molar-refractivity contribution in [3.05, 3.63) is 47.1 Å². The van der Waals surface area contributed by atoms with Gasteiger partial charge < -0.3 is 10.3 Å². The Kier molecular flexibility index (Phi) is 3.34. The zero-order valence-corrected chi connectivity index (χ0v) is 11.2. The molecule has 1 aliphatic carbocycles. The molecule has 1 unspecified atom stereocenters. The van der Waals surface area contributed by atoms with Gasteiger partial charge in [0.05, 0.1) is 6.04 Å². The predicted molar refractivity (Wildman–Crippen MR) is 72.7 cm³/mol. The van der Waals surface area contributed by atoms with Crippen LogP contribution >= 0.6 is 0 Å². The molecule has 100 valence electrons. The Morgan fingerprint density at radius 3 is 3.00 bits per heavy atom. The fourth-order valence-electron chi connectivity index (χ4n) is 2.28. The van der Waals surface area contributed by atoms with Crippen LogP contribution in [-0.4, -0.2) is 10.1 Å². The maximum absolute atomic E-state index is 6.23. The monoisotopic (exact) mass is 257 g/mol. The summed E-state index contributed by atoms with van der Waals surface area (Å²) in [7, 11) is 0. The molecule has 0 aliphatic heterocycles. The van der Waals surface area contributed by atoms with Crippen molar-refractivity contribution in [2.45, 2.75) is 44.6 Å². The van der Waals surface area contributed by atoms with Crippen molar-refractivity contribution in [2.75, 3.05) is 0 Å². The minimum Gasteiger partial charge on any atom is -0.339 e. The Morgan fingerprint density at radius 2 is 2.26 bits per heavy atom. The van der Waals surface area contributed by atoms with Crippen LogP contribution in [0.1, 0.15) is 61.0 Å². The van der Waals surface area contributed by atoms with Gasteiger partial charge in [-0.3, -0.25) is 0 Å². The Morgan fingerprint density at radius 1 is 1.42 bits per heavy atom. The Bertz CT molecular complexity index is 560. The average Bonchev–Trinajstić information content (AvgIpc) is 3.19. The van der Waals surface area contributed by atoms with E-state index in [1.165, 1.54) is 18.4 Å². The highest BCUT2D eigenvalue weighted by atomic mass is 16.5. The maximum atomic E-state index is 6.23. The largest absolute Gasteiger partial charge is 0.339 e. The molecule has 0 spiro atoms. The van der Waals surface area contributed by atoms with E-state index < -0.39 is 0 Å². The molecule has 1 aromatic carbocycles. The van der Waals surface area contributed by atoms with E-state index >= 15 is 0 Å². The molecule has 1 fully saturated rings. The number of aromatic nitrogens is 2. The van der Waals surface area contributed by atoms with Crippen LogP contribution in [0.3, 0.4) is 0 Å². The van der Waals surface area contributed by atoms with Crippen LogP contribution in [0.5, 0.6) is 0 Å². The second-order valence-corrected chi connectivity index (χ2v) is 5.22. The van der Waals surface area contributed by atoms with Crippen molar-refractivity contribution < 1.29 is 4.52 Å². The summed E-state index contributed by atoms with van der Waals surface area (Å²) in [6.07, 6.45) is 4.39. The van der Waals surface area contributed by atoms with Crippen LogP contribution in [0, 0.1) is 0 Å². The van der Waals surface area contributed by atoms with Gasteiger partial charge in [-0.1, -0.05) is 36.3 Å². The van der Waals surface area contributed by atoms with Gasteiger partial charge in [0, 0.05) is 6.42 Å². The van der Waals surface area contributed by atoms with Crippen molar-refractivity contribution >= 4 is 0 Å². The summed E-state index contributed by atoms with van der Waals surface area (Å²) in [6.45, 7) is 2.09. The van der Waals surface area contributed by atoms with Gasteiger partial charge in [-0.25, -0.2) is 0 Å². The maximum Gasteiger partial charge on any atom is 0.226 e. The van der Waals surface area contributed by atoms with E-state index in [1.54, 1.807) is 0 Å². The topological polar surface area (TPSA) is 64.9 Å². The summed E-state index contributed by atoms with van der Waals surface area (Å²) < 4.78 is 5.20. The van der Waals surface area contributed by atoms with Gasteiger partial charge in [-0.15, -0.1) is 0 Å². The second kappa shape index (κ2) is 5.13. The lowest BCUT2D eigenvalue weighted by atomic mass is 10.0. The van der Waals surface area contributed by atoms with E-state index in [4.69, 9.17) is 10.3 Å². The number of rotatable bonds is 5. The Hall–Kier alpha value is -1.68. The first-order valence-corrected chi connectivity index (χ1v) is 6.96. The molecule has 1 aliphatic rings. The molecule has 1 saturated carbocycles. The standard InChI is InChI=1S/C15H19N3O/c1-2-4-13-17-15(18-19-13)14(16)12-6-3-5-11(9-12)10-7-8-10/h3,5-6,9-10,14H,2,4,7-8,16H2,1H3. The third kappa shape index (κ3) is 2.68. The zero-order valence-electron chi connectivity index (χ0n) is 11.2. The summed E-state index contributed by atoms with van der Waals surface area (Å²) in [5.74, 6) is 1.98. The fraction of sp³-hybridized carbons (Fsp3) is 0.467. The molecule has 0 radical (unpaired) electrons. The van der Waals surface area contributed by atoms with Crippen LogP contribution in [0.2, 0.25) is 0 Å². The number of hydrogen-bond donors (Lipinski definition) is 1. The van der Waals surface area contributed by atoms with Gasteiger partial charge in [-0.05, 0) is 36.3 Å². The van der Waals surface area contributed by atoms with E-state index in [9.17, 15) is 0 Å². The first kappa shape index (κ1) is 12.4. The highest BCUT2D eigenvalue weighted by molar-refractivity contribution is 5.32. The molecule has 1 aromatic heterocycles. The van der Waals surface area contributed by atoms with Crippen LogP contribution in [0.15, 0.2) is 28.8 Å². The fourth-order valence-corrected chi connectivity index (χ4v) is 2.28. The molecule has 3 rings (SSSR count). The summed E-state index contributed by atoms with van der Waals surface area (Å²) in [4.78, 5) is 4.36. The van der Waals surface area contributed by atoms with Crippen LogP contribution in [-0.2, 0) is 6.42 Å². The van der Waals surface area contributed by atoms with Gasteiger partial charge in [0.25, 0.3) is 0 Å². The summed E-state index contributed by atoms with van der Waals surface area (Å²) >= 11 is 0. The second-order valence-electron chi connectivity index (χ2n) is 5.22. The van der Waals surface area contributed by atoms with Gasteiger partial charge in [-0.2, -0.15) is 4.98 Å². The molecule has 4 nitrogen and oxygen atoms in total. The molecular formula is C15H19N3O. The molecule has 1 heterocycles. The van der Waals surface area contributed by atoms with Crippen molar-refractivity contribution in [3.8, 4) is 0 Å². The number of aryl methyl sites for hydroxylation is 1. The number of nitrogens with two attached hydrogens (primary N) is 1. The quantitative estimate of drug-likeness (QED) is 0.894. The summed E-state index contributed by atoms with van der Waals surface area (Å²) in [5, 5.41) is 3.99. The van der Waals surface area contributed by atoms with Gasteiger partial charge in [0.15, 0.2) is 5.82 Å². The van der Waals surface area contributed by atoms with Crippen molar-refractivity contribution in [1.82, 2.24) is 10.1 Å². The van der Waals surface area contributed by atoms with Gasteiger partial charge in [0.1, 0.15) is 0 Å². The predicted octanol–water partition coefficient (Wildman–Crippen LogP) is 2.95. The molecular weight excluding hydrogens is 238 g/mol. The normalized spacial score (nSPS) is 16.5. The van der Waals surface area contributed by atoms with Gasteiger partial charge in [0.2, 0.25) is 5.89 Å². The molecule has 2 aromatic rings. The molecule has 4 heteroatoms. The van der Waals surface area contributed by atoms with Crippen LogP contribution in [0.25, 0.3) is 0 Å². The average molecular weight is 257 g/mol. The minimum absolute atomic E-state index is 0.298. The molecule has 19 heavy (non-hydrogen) atoms. The Balaban J connectivity index is 1.81. The minimum atomic E-state index is -0.298. The Labute approximate surface area is 113 Å². The number of nitrogens with zero attached hydrogens (tertiary/aromatic N) is 2. The third-order valence-electron chi connectivity index (χ3n) is 3.54. The highest BCUT2D eigenvalue weighted by Gasteiger charge is 2.24. The third-order valence-corrected chi connectivity index (χ3v) is 3.54. The van der Waals surface area contributed by atoms with Crippen LogP contribution < -0.4 is 5.73 Å².